The first-order chi connectivity index (χ1) is 12.8. The molecule has 2 fully saturated rings. The number of likely N-dealkylation sites (tertiary alicyclic amines) is 1. The Bertz CT molecular complexity index is 753. The maximum absolute atomic E-state index is 12.8. The zero-order chi connectivity index (χ0) is 19.6. The fourth-order valence-corrected chi connectivity index (χ4v) is 5.23. The third-order valence-corrected chi connectivity index (χ3v) is 7.53. The molecule has 1 aromatic carbocycles. The Morgan fingerprint density at radius 2 is 1.67 bits per heavy atom. The summed E-state index contributed by atoms with van der Waals surface area (Å²) in [4.78, 5) is 17.2. The molecule has 2 heterocycles. The van der Waals surface area contributed by atoms with Gasteiger partial charge in [-0.1, -0.05) is 31.5 Å². The van der Waals surface area contributed by atoms with Gasteiger partial charge < -0.3 is 4.90 Å². The fraction of sp³-hybridized carbons (Fsp3) is 0.650. The van der Waals surface area contributed by atoms with Gasteiger partial charge in [-0.25, -0.2) is 8.42 Å². The fourth-order valence-electron chi connectivity index (χ4n) is 3.81. The van der Waals surface area contributed by atoms with E-state index in [-0.39, 0.29) is 11.9 Å². The van der Waals surface area contributed by atoms with Crippen LogP contribution < -0.4 is 0 Å². The van der Waals surface area contributed by atoms with Gasteiger partial charge in [0.05, 0.1) is 10.9 Å². The van der Waals surface area contributed by atoms with Crippen LogP contribution in [0.3, 0.4) is 0 Å². The topological polar surface area (TPSA) is 60.9 Å². The highest BCUT2D eigenvalue weighted by molar-refractivity contribution is 7.89. The van der Waals surface area contributed by atoms with E-state index in [1.54, 1.807) is 16.4 Å². The van der Waals surface area contributed by atoms with Crippen molar-refractivity contribution in [2.75, 3.05) is 39.3 Å². The molecule has 2 aliphatic heterocycles. The molecule has 0 bridgehead atoms. The zero-order valence-corrected chi connectivity index (χ0v) is 17.4. The number of amides is 1. The van der Waals surface area contributed by atoms with Crippen molar-refractivity contribution in [1.29, 1.82) is 0 Å². The van der Waals surface area contributed by atoms with Crippen LogP contribution in [0.5, 0.6) is 0 Å². The van der Waals surface area contributed by atoms with Crippen LogP contribution in [0.15, 0.2) is 29.2 Å². The smallest absolute Gasteiger partial charge is 0.243 e. The third-order valence-electron chi connectivity index (χ3n) is 5.62. The average molecular weight is 394 g/mol. The number of hydrogen-bond donors (Lipinski definition) is 0. The summed E-state index contributed by atoms with van der Waals surface area (Å²) < 4.78 is 27.2. The van der Waals surface area contributed by atoms with Crippen LogP contribution in [0.4, 0.5) is 0 Å². The molecule has 0 N–H and O–H groups in total. The predicted octanol–water partition coefficient (Wildman–Crippen LogP) is 1.95. The van der Waals surface area contributed by atoms with Crippen LogP contribution in [0.2, 0.25) is 0 Å². The summed E-state index contributed by atoms with van der Waals surface area (Å²) in [5.41, 5.74) is 1.04. The molecule has 0 radical (unpaired) electrons. The number of benzene rings is 1. The Kier molecular flexibility index (Phi) is 6.23. The van der Waals surface area contributed by atoms with Crippen molar-refractivity contribution in [3.05, 3.63) is 29.8 Å². The van der Waals surface area contributed by atoms with Gasteiger partial charge in [0.15, 0.2) is 0 Å². The molecule has 150 valence electrons. The number of rotatable bonds is 6. The van der Waals surface area contributed by atoms with E-state index in [1.165, 1.54) is 0 Å². The van der Waals surface area contributed by atoms with Crippen molar-refractivity contribution in [3.8, 4) is 0 Å². The highest BCUT2D eigenvalue weighted by atomic mass is 32.2. The third kappa shape index (κ3) is 4.52. The highest BCUT2D eigenvalue weighted by Crippen LogP contribution is 2.23. The van der Waals surface area contributed by atoms with Gasteiger partial charge in [0, 0.05) is 39.3 Å². The van der Waals surface area contributed by atoms with Gasteiger partial charge in [0.2, 0.25) is 15.9 Å². The largest absolute Gasteiger partial charge is 0.341 e. The van der Waals surface area contributed by atoms with Gasteiger partial charge in [0.25, 0.3) is 0 Å². The van der Waals surface area contributed by atoms with Gasteiger partial charge >= 0.3 is 0 Å². The number of sulfonamides is 1. The summed E-state index contributed by atoms with van der Waals surface area (Å²) in [6, 6.07) is 6.91. The second kappa shape index (κ2) is 8.29. The maximum atomic E-state index is 12.8. The van der Waals surface area contributed by atoms with E-state index in [4.69, 9.17) is 0 Å². The van der Waals surface area contributed by atoms with E-state index in [0.717, 1.165) is 31.5 Å². The van der Waals surface area contributed by atoms with E-state index in [2.05, 4.69) is 18.7 Å². The quantitative estimate of drug-likeness (QED) is 0.741. The Morgan fingerprint density at radius 1 is 1.04 bits per heavy atom. The van der Waals surface area contributed by atoms with Crippen molar-refractivity contribution >= 4 is 15.9 Å². The molecule has 0 aliphatic carbocycles. The van der Waals surface area contributed by atoms with Gasteiger partial charge in [0.1, 0.15) is 0 Å². The summed E-state index contributed by atoms with van der Waals surface area (Å²) in [5.74, 6) is 0.804. The minimum absolute atomic E-state index is 0.0820. The summed E-state index contributed by atoms with van der Waals surface area (Å²) in [7, 11) is -3.46. The van der Waals surface area contributed by atoms with Crippen LogP contribution in [0.1, 0.15) is 32.3 Å². The molecule has 1 aromatic rings. The van der Waals surface area contributed by atoms with Gasteiger partial charge in [-0.2, -0.15) is 4.31 Å². The minimum Gasteiger partial charge on any atom is -0.341 e. The summed E-state index contributed by atoms with van der Waals surface area (Å²) in [5, 5.41) is 0. The molecule has 2 aliphatic rings. The number of nitrogens with zero attached hydrogens (tertiary/aromatic N) is 3. The van der Waals surface area contributed by atoms with Crippen molar-refractivity contribution in [3.63, 3.8) is 0 Å². The number of piperazine rings is 1. The van der Waals surface area contributed by atoms with E-state index in [1.807, 2.05) is 24.0 Å². The molecule has 0 saturated carbocycles. The Hall–Kier alpha value is -1.44. The zero-order valence-electron chi connectivity index (χ0n) is 16.6. The summed E-state index contributed by atoms with van der Waals surface area (Å²) >= 11 is 0. The first kappa shape index (κ1) is 20.3. The second-order valence-corrected chi connectivity index (χ2v) is 10.0. The maximum Gasteiger partial charge on any atom is 0.243 e. The van der Waals surface area contributed by atoms with E-state index in [0.29, 0.717) is 37.0 Å². The number of carbonyl (C=O) groups excluding carboxylic acids is 1. The predicted molar refractivity (Wildman–Crippen MR) is 106 cm³/mol. The van der Waals surface area contributed by atoms with Crippen LogP contribution in [-0.2, 0) is 14.8 Å². The van der Waals surface area contributed by atoms with Crippen LogP contribution in [0, 0.1) is 12.8 Å². The molecule has 7 heteroatoms. The molecule has 0 spiro atoms. The number of hydrogen-bond acceptors (Lipinski definition) is 4. The lowest BCUT2D eigenvalue weighted by Gasteiger charge is -2.36. The lowest BCUT2D eigenvalue weighted by Crippen LogP contribution is -2.53. The average Bonchev–Trinajstić information content (AvgIpc) is 3.01. The molecule has 1 unspecified atom stereocenters. The summed E-state index contributed by atoms with van der Waals surface area (Å²) in [6.45, 7) is 10.0. The second-order valence-electron chi connectivity index (χ2n) is 8.07. The molecule has 1 amide bonds. The lowest BCUT2D eigenvalue weighted by atomic mass is 10.1. The van der Waals surface area contributed by atoms with Gasteiger partial charge in [-0.15, -0.1) is 0 Å². The number of carbonyl (C=O) groups is 1. The first-order valence-electron chi connectivity index (χ1n) is 9.88. The summed E-state index contributed by atoms with van der Waals surface area (Å²) in [6.07, 6.45) is 1.88. The Balaban J connectivity index is 1.57. The highest BCUT2D eigenvalue weighted by Gasteiger charge is 2.38. The first-order valence-corrected chi connectivity index (χ1v) is 11.3. The molecule has 3 rings (SSSR count). The van der Waals surface area contributed by atoms with Gasteiger partial charge in [-0.05, 0) is 37.8 Å². The van der Waals surface area contributed by atoms with Crippen molar-refractivity contribution in [1.82, 2.24) is 14.1 Å². The molecular weight excluding hydrogens is 362 g/mol. The van der Waals surface area contributed by atoms with E-state index in [9.17, 15) is 13.2 Å². The van der Waals surface area contributed by atoms with Gasteiger partial charge in [-0.3, -0.25) is 9.69 Å². The van der Waals surface area contributed by atoms with E-state index < -0.39 is 10.0 Å². The molecular formula is C20H31N3O3S. The van der Waals surface area contributed by atoms with Crippen LogP contribution in [-0.4, -0.2) is 73.7 Å². The van der Waals surface area contributed by atoms with Crippen molar-refractivity contribution in [2.24, 2.45) is 5.92 Å². The van der Waals surface area contributed by atoms with Crippen LogP contribution >= 0.6 is 0 Å². The van der Waals surface area contributed by atoms with E-state index >= 15 is 0 Å². The molecule has 6 nitrogen and oxygen atoms in total. The molecule has 1 atom stereocenters. The van der Waals surface area contributed by atoms with Crippen LogP contribution in [0.25, 0.3) is 0 Å². The Labute approximate surface area is 163 Å². The van der Waals surface area contributed by atoms with Crippen molar-refractivity contribution < 1.29 is 13.2 Å². The monoisotopic (exact) mass is 393 g/mol. The molecule has 27 heavy (non-hydrogen) atoms. The lowest BCUT2D eigenvalue weighted by molar-refractivity contribution is -0.132. The number of aryl methyl sites for hydroxylation is 1. The minimum atomic E-state index is -3.46. The van der Waals surface area contributed by atoms with Crippen molar-refractivity contribution in [2.45, 2.75) is 44.6 Å². The molecule has 0 aromatic heterocycles. The SMILES string of the molecule is Cc1ccc(S(=O)(=O)N2CCN(C3CCN(CCC(C)C)C3=O)CC2)cc1. The molecule has 2 saturated heterocycles. The Morgan fingerprint density at radius 3 is 2.26 bits per heavy atom. The normalized spacial score (nSPS) is 22.7. The standard InChI is InChI=1S/C20H31N3O3S/c1-16(2)8-10-22-11-9-19(20(22)24)21-12-14-23(15-13-21)27(25,26)18-6-4-17(3)5-7-18/h4-7,16,19H,8-15H2,1-3H3.